The fourth-order valence-corrected chi connectivity index (χ4v) is 3.57. The summed E-state index contributed by atoms with van der Waals surface area (Å²) in [6, 6.07) is 0.357. The Kier molecular flexibility index (Phi) is 4.97. The molecule has 0 aromatic carbocycles. The molecule has 1 unspecified atom stereocenters. The van der Waals surface area contributed by atoms with Crippen LogP contribution in [0.25, 0.3) is 0 Å². The van der Waals surface area contributed by atoms with E-state index < -0.39 is 0 Å². The van der Waals surface area contributed by atoms with E-state index in [9.17, 15) is 4.79 Å². The van der Waals surface area contributed by atoms with E-state index in [0.717, 1.165) is 25.9 Å². The lowest BCUT2D eigenvalue weighted by molar-refractivity contribution is -0.137. The summed E-state index contributed by atoms with van der Waals surface area (Å²) >= 11 is 0. The Hall–Kier alpha value is -0.900. The van der Waals surface area contributed by atoms with E-state index in [-0.39, 0.29) is 5.92 Å². The lowest BCUT2D eigenvalue weighted by Crippen LogP contribution is -2.46. The van der Waals surface area contributed by atoms with E-state index >= 15 is 0 Å². The van der Waals surface area contributed by atoms with Crippen molar-refractivity contribution in [1.82, 2.24) is 9.80 Å². The van der Waals surface area contributed by atoms with Crippen LogP contribution in [-0.2, 0) is 4.79 Å². The molecular weight excluding hydrogens is 238 g/mol. The van der Waals surface area contributed by atoms with Crippen molar-refractivity contribution < 1.29 is 4.79 Å². The third-order valence-corrected chi connectivity index (χ3v) is 4.71. The Bertz CT molecular complexity index is 342. The van der Waals surface area contributed by atoms with Crippen LogP contribution in [0.1, 0.15) is 32.1 Å². The Labute approximate surface area is 116 Å². The molecule has 1 aliphatic carbocycles. The van der Waals surface area contributed by atoms with Crippen LogP contribution in [0, 0.1) is 11.8 Å². The summed E-state index contributed by atoms with van der Waals surface area (Å²) in [4.78, 5) is 21.1. The highest BCUT2D eigenvalue weighted by atomic mass is 16.2. The second-order valence-electron chi connectivity index (χ2n) is 6.12. The van der Waals surface area contributed by atoms with Crippen LogP contribution in [0.4, 0.5) is 0 Å². The van der Waals surface area contributed by atoms with Crippen molar-refractivity contribution in [3.8, 4) is 0 Å². The molecule has 0 aromatic heterocycles. The highest BCUT2D eigenvalue weighted by Crippen LogP contribution is 2.28. The third kappa shape index (κ3) is 3.35. The van der Waals surface area contributed by atoms with E-state index in [4.69, 9.17) is 0 Å². The Morgan fingerprint density at radius 3 is 2.68 bits per heavy atom. The number of likely N-dealkylation sites (tertiary alicyclic amines) is 1. The number of amides is 1. The predicted molar refractivity (Wildman–Crippen MR) is 78.5 cm³/mol. The molecule has 4 heteroatoms. The molecule has 4 nitrogen and oxygen atoms in total. The van der Waals surface area contributed by atoms with Crippen molar-refractivity contribution in [3.63, 3.8) is 0 Å². The van der Waals surface area contributed by atoms with Crippen LogP contribution in [0.3, 0.4) is 0 Å². The summed E-state index contributed by atoms with van der Waals surface area (Å²) in [6.45, 7) is 1.97. The molecule has 2 fully saturated rings. The van der Waals surface area contributed by atoms with Crippen molar-refractivity contribution in [3.05, 3.63) is 0 Å². The molecule has 2 aliphatic rings. The lowest BCUT2D eigenvalue weighted by atomic mass is 9.84. The summed E-state index contributed by atoms with van der Waals surface area (Å²) < 4.78 is 0. The van der Waals surface area contributed by atoms with Gasteiger partial charge in [0.05, 0.1) is 5.92 Å². The molecule has 1 saturated carbocycles. The molecule has 0 bridgehead atoms. The van der Waals surface area contributed by atoms with Crippen molar-refractivity contribution in [2.75, 3.05) is 34.2 Å². The summed E-state index contributed by atoms with van der Waals surface area (Å²) in [5.74, 6) is 0.994. The van der Waals surface area contributed by atoms with Gasteiger partial charge in [-0.2, -0.15) is 0 Å². The summed E-state index contributed by atoms with van der Waals surface area (Å²) in [5.41, 5.74) is 0. The number of aliphatic imine (C=N–C) groups is 1. The number of carbonyl (C=O) groups is 1. The molecule has 1 saturated heterocycles. The highest BCUT2D eigenvalue weighted by Gasteiger charge is 2.34. The maximum atomic E-state index is 12.6. The van der Waals surface area contributed by atoms with Crippen molar-refractivity contribution in [2.24, 2.45) is 16.8 Å². The minimum Gasteiger partial charge on any atom is -0.342 e. The molecule has 0 spiro atoms. The van der Waals surface area contributed by atoms with E-state index in [1.54, 1.807) is 0 Å². The quantitative estimate of drug-likeness (QED) is 0.728. The van der Waals surface area contributed by atoms with Gasteiger partial charge >= 0.3 is 0 Å². The Morgan fingerprint density at radius 2 is 2.05 bits per heavy atom. The van der Waals surface area contributed by atoms with Crippen LogP contribution < -0.4 is 0 Å². The van der Waals surface area contributed by atoms with Crippen molar-refractivity contribution in [1.29, 1.82) is 0 Å². The maximum absolute atomic E-state index is 12.6. The summed E-state index contributed by atoms with van der Waals surface area (Å²) in [6.07, 6.45) is 7.86. The first kappa shape index (κ1) is 14.5. The van der Waals surface area contributed by atoms with Crippen molar-refractivity contribution >= 4 is 12.1 Å². The Morgan fingerprint density at radius 1 is 1.32 bits per heavy atom. The van der Waals surface area contributed by atoms with Gasteiger partial charge in [-0.1, -0.05) is 12.8 Å². The van der Waals surface area contributed by atoms with Gasteiger partial charge in [-0.05, 0) is 32.9 Å². The van der Waals surface area contributed by atoms with Gasteiger partial charge in [0.1, 0.15) is 0 Å². The third-order valence-electron chi connectivity index (χ3n) is 4.71. The molecule has 2 rings (SSSR count). The lowest BCUT2D eigenvalue weighted by Gasteiger charge is -2.37. The minimum atomic E-state index is 0.205. The second kappa shape index (κ2) is 6.51. The zero-order valence-electron chi connectivity index (χ0n) is 12.5. The van der Waals surface area contributed by atoms with Crippen LogP contribution >= 0.6 is 0 Å². The number of carbonyl (C=O) groups excluding carboxylic acids is 1. The fourth-order valence-electron chi connectivity index (χ4n) is 3.57. The molecule has 1 amide bonds. The van der Waals surface area contributed by atoms with Gasteiger partial charge in [0, 0.05) is 38.8 Å². The van der Waals surface area contributed by atoms with Gasteiger partial charge in [0.15, 0.2) is 0 Å². The molecule has 108 valence electrons. The standard InChI is InChI=1S/C15H27N3O/c1-16-10-12-6-4-5-7-14(12)18(3)15(19)13-8-9-17(2)11-13/h10,12-14H,4-9,11H2,1-3H3/t12?,13-,14-/m0/s1. The van der Waals surface area contributed by atoms with Crippen LogP contribution in [0.15, 0.2) is 4.99 Å². The van der Waals surface area contributed by atoms with Crippen molar-refractivity contribution in [2.45, 2.75) is 38.1 Å². The SMILES string of the molecule is CN=CC1CCCC[C@@H]1N(C)C(=O)[C@H]1CCN(C)C1. The van der Waals surface area contributed by atoms with E-state index in [0.29, 0.717) is 17.9 Å². The van der Waals surface area contributed by atoms with Gasteiger partial charge in [-0.3, -0.25) is 4.79 Å². The second-order valence-corrected chi connectivity index (χ2v) is 6.12. The van der Waals surface area contributed by atoms with Gasteiger partial charge in [-0.25, -0.2) is 0 Å². The summed E-state index contributed by atoms with van der Waals surface area (Å²) in [7, 11) is 5.92. The molecule has 0 N–H and O–H groups in total. The molecule has 0 aromatic rings. The topological polar surface area (TPSA) is 35.9 Å². The number of rotatable bonds is 3. The zero-order valence-corrected chi connectivity index (χ0v) is 12.5. The first-order valence-corrected chi connectivity index (χ1v) is 7.51. The molecule has 1 heterocycles. The number of nitrogens with zero attached hydrogens (tertiary/aromatic N) is 3. The molecule has 3 atom stereocenters. The highest BCUT2D eigenvalue weighted by molar-refractivity contribution is 5.80. The normalized spacial score (nSPS) is 32.9. The molecule has 0 radical (unpaired) electrons. The largest absolute Gasteiger partial charge is 0.342 e. The monoisotopic (exact) mass is 265 g/mol. The summed E-state index contributed by atoms with van der Waals surface area (Å²) in [5, 5.41) is 0. The first-order valence-electron chi connectivity index (χ1n) is 7.51. The smallest absolute Gasteiger partial charge is 0.227 e. The maximum Gasteiger partial charge on any atom is 0.227 e. The number of hydrogen-bond acceptors (Lipinski definition) is 3. The van der Waals surface area contributed by atoms with Crippen LogP contribution in [0.2, 0.25) is 0 Å². The van der Waals surface area contributed by atoms with E-state index in [1.807, 2.05) is 25.2 Å². The molecular formula is C15H27N3O. The number of hydrogen-bond donors (Lipinski definition) is 0. The van der Waals surface area contributed by atoms with Crippen LogP contribution in [0.5, 0.6) is 0 Å². The average Bonchev–Trinajstić information content (AvgIpc) is 2.85. The molecule has 1 aliphatic heterocycles. The minimum absolute atomic E-state index is 0.205. The predicted octanol–water partition coefficient (Wildman–Crippen LogP) is 1.66. The first-order chi connectivity index (χ1) is 9.13. The van der Waals surface area contributed by atoms with E-state index in [1.165, 1.54) is 19.3 Å². The molecule has 19 heavy (non-hydrogen) atoms. The van der Waals surface area contributed by atoms with Gasteiger partial charge in [0.25, 0.3) is 0 Å². The zero-order chi connectivity index (χ0) is 13.8. The van der Waals surface area contributed by atoms with E-state index in [2.05, 4.69) is 16.9 Å². The van der Waals surface area contributed by atoms with Crippen LogP contribution in [-0.4, -0.2) is 62.2 Å². The van der Waals surface area contributed by atoms with Gasteiger partial charge in [-0.15, -0.1) is 0 Å². The Balaban J connectivity index is 2.00. The fraction of sp³-hybridized carbons (Fsp3) is 0.867. The van der Waals surface area contributed by atoms with Gasteiger partial charge < -0.3 is 14.8 Å². The van der Waals surface area contributed by atoms with Gasteiger partial charge in [0.2, 0.25) is 5.91 Å². The average molecular weight is 265 g/mol.